The number of nitrogens with one attached hydrogen (secondary N) is 2. The number of thioether (sulfide) groups is 1. The van der Waals surface area contributed by atoms with E-state index in [1.165, 1.54) is 10.6 Å². The second-order valence-corrected chi connectivity index (χ2v) is 7.88. The molecule has 2 N–H and O–H groups in total. The van der Waals surface area contributed by atoms with Gasteiger partial charge in [-0.3, -0.25) is 5.41 Å². The number of nitrogens with zero attached hydrogens (tertiary/aromatic N) is 2. The third-order valence-electron chi connectivity index (χ3n) is 3.77. The lowest BCUT2D eigenvalue weighted by atomic mass is 10.2. The van der Waals surface area contributed by atoms with Gasteiger partial charge in [0.1, 0.15) is 5.84 Å². The highest BCUT2D eigenvalue weighted by Gasteiger charge is 2.18. The van der Waals surface area contributed by atoms with Crippen LogP contribution < -0.4 is 10.2 Å². The summed E-state index contributed by atoms with van der Waals surface area (Å²) >= 11 is 3.49. The summed E-state index contributed by atoms with van der Waals surface area (Å²) in [7, 11) is 4.23. The van der Waals surface area contributed by atoms with Crippen LogP contribution in [-0.2, 0) is 0 Å². The van der Waals surface area contributed by atoms with Crippen LogP contribution in [0.15, 0.2) is 40.6 Å². The molecule has 0 amide bonds. The number of amidine groups is 1. The fraction of sp³-hybridized carbons (Fsp3) is 0.353. The van der Waals surface area contributed by atoms with Gasteiger partial charge in [0.25, 0.3) is 0 Å². The molecule has 0 aliphatic carbocycles. The predicted octanol–water partition coefficient (Wildman–Crippen LogP) is 4.50. The Bertz CT molecular complexity index is 677. The molecular weight excluding hydrogens is 395 g/mol. The Balaban J connectivity index is 0.00000156. The third-order valence-corrected chi connectivity index (χ3v) is 5.69. The molecule has 0 bridgehead atoms. The Kier molecular flexibility index (Phi) is 9.10. The molecule has 138 valence electrons. The molecule has 3 rings (SSSR count). The number of anilines is 2. The molecule has 1 aliphatic heterocycles. The SMILES string of the molecule is CN(C)CCN1CCSc2cc(NC(=N)c3cccs3)ccc21.Cl.Cl. The molecular formula is C17H24Cl2N4S2. The summed E-state index contributed by atoms with van der Waals surface area (Å²) in [6.45, 7) is 3.22. The van der Waals surface area contributed by atoms with Crippen molar-refractivity contribution >= 4 is 65.1 Å². The van der Waals surface area contributed by atoms with Crippen LogP contribution in [0.4, 0.5) is 11.4 Å². The summed E-state index contributed by atoms with van der Waals surface area (Å²) in [5.74, 6) is 1.58. The van der Waals surface area contributed by atoms with Gasteiger partial charge in [-0.05, 0) is 43.7 Å². The third kappa shape index (κ3) is 5.79. The first-order chi connectivity index (χ1) is 11.1. The minimum absolute atomic E-state index is 0. The molecule has 0 saturated carbocycles. The first kappa shape index (κ1) is 22.1. The van der Waals surface area contributed by atoms with Crippen molar-refractivity contribution in [3.8, 4) is 0 Å². The maximum absolute atomic E-state index is 8.15. The monoisotopic (exact) mass is 418 g/mol. The highest BCUT2D eigenvalue weighted by molar-refractivity contribution is 7.99. The van der Waals surface area contributed by atoms with Crippen LogP contribution in [0.1, 0.15) is 4.88 Å². The van der Waals surface area contributed by atoms with Crippen LogP contribution in [-0.4, -0.2) is 50.2 Å². The van der Waals surface area contributed by atoms with E-state index in [0.717, 1.165) is 36.0 Å². The Morgan fingerprint density at radius 1 is 1.28 bits per heavy atom. The highest BCUT2D eigenvalue weighted by atomic mass is 35.5. The standard InChI is InChI=1S/C17H22N4S2.2ClH/c1-20(2)7-8-21-9-11-23-16-12-13(5-6-14(16)21)19-17(18)15-4-3-10-22-15;;/h3-6,10,12H,7-9,11H2,1-2H3,(H2,18,19);2*1H. The van der Waals surface area contributed by atoms with Crippen LogP contribution in [0.2, 0.25) is 0 Å². The van der Waals surface area contributed by atoms with Crippen LogP contribution in [0.25, 0.3) is 0 Å². The van der Waals surface area contributed by atoms with Crippen molar-refractivity contribution in [2.45, 2.75) is 4.90 Å². The zero-order valence-electron chi connectivity index (χ0n) is 14.3. The minimum Gasteiger partial charge on any atom is -0.369 e. The summed E-state index contributed by atoms with van der Waals surface area (Å²) < 4.78 is 0. The van der Waals surface area contributed by atoms with Crippen molar-refractivity contribution in [3.05, 3.63) is 40.6 Å². The first-order valence-electron chi connectivity index (χ1n) is 7.69. The van der Waals surface area contributed by atoms with Crippen LogP contribution >= 0.6 is 47.9 Å². The molecule has 0 saturated heterocycles. The maximum atomic E-state index is 8.15. The molecule has 25 heavy (non-hydrogen) atoms. The van der Waals surface area contributed by atoms with E-state index in [0.29, 0.717) is 5.84 Å². The zero-order valence-corrected chi connectivity index (χ0v) is 17.6. The summed E-state index contributed by atoms with van der Waals surface area (Å²) in [4.78, 5) is 6.95. The van der Waals surface area contributed by atoms with Crippen molar-refractivity contribution in [3.63, 3.8) is 0 Å². The number of hydrogen-bond donors (Lipinski definition) is 2. The molecule has 1 aliphatic rings. The average Bonchev–Trinajstić information content (AvgIpc) is 3.07. The molecule has 0 unspecified atom stereocenters. The van der Waals surface area contributed by atoms with Gasteiger partial charge in [-0.2, -0.15) is 0 Å². The molecule has 0 atom stereocenters. The Morgan fingerprint density at radius 2 is 2.08 bits per heavy atom. The second-order valence-electron chi connectivity index (χ2n) is 5.80. The van der Waals surface area contributed by atoms with Gasteiger partial charge in [0.05, 0.1) is 10.6 Å². The van der Waals surface area contributed by atoms with Gasteiger partial charge >= 0.3 is 0 Å². The van der Waals surface area contributed by atoms with Crippen molar-refractivity contribution in [1.29, 1.82) is 5.41 Å². The van der Waals surface area contributed by atoms with E-state index < -0.39 is 0 Å². The van der Waals surface area contributed by atoms with E-state index in [-0.39, 0.29) is 24.8 Å². The smallest absolute Gasteiger partial charge is 0.140 e. The predicted molar refractivity (Wildman–Crippen MR) is 117 cm³/mol. The summed E-state index contributed by atoms with van der Waals surface area (Å²) in [6, 6.07) is 10.4. The fourth-order valence-corrected chi connectivity index (χ4v) is 4.25. The molecule has 1 aromatic heterocycles. The molecule has 8 heteroatoms. The van der Waals surface area contributed by atoms with Gasteiger partial charge in [-0.1, -0.05) is 6.07 Å². The van der Waals surface area contributed by atoms with E-state index in [1.807, 2.05) is 29.3 Å². The normalized spacial score (nSPS) is 12.8. The summed E-state index contributed by atoms with van der Waals surface area (Å²) in [5, 5.41) is 13.4. The Morgan fingerprint density at radius 3 is 2.76 bits per heavy atom. The maximum Gasteiger partial charge on any atom is 0.140 e. The number of fused-ring (bicyclic) bond motifs is 1. The van der Waals surface area contributed by atoms with Gasteiger partial charge in [0, 0.05) is 36.0 Å². The Hall–Kier alpha value is -0.920. The van der Waals surface area contributed by atoms with E-state index in [4.69, 9.17) is 5.41 Å². The second kappa shape index (κ2) is 10.3. The molecule has 1 aromatic carbocycles. The Labute approximate surface area is 170 Å². The first-order valence-corrected chi connectivity index (χ1v) is 9.56. The van der Waals surface area contributed by atoms with Crippen molar-refractivity contribution < 1.29 is 0 Å². The van der Waals surface area contributed by atoms with E-state index in [2.05, 4.69) is 47.4 Å². The highest BCUT2D eigenvalue weighted by Crippen LogP contribution is 2.36. The van der Waals surface area contributed by atoms with Gasteiger partial charge in [-0.25, -0.2) is 0 Å². The number of rotatable bonds is 5. The van der Waals surface area contributed by atoms with E-state index in [1.54, 1.807) is 11.3 Å². The van der Waals surface area contributed by atoms with Gasteiger partial charge in [0.2, 0.25) is 0 Å². The van der Waals surface area contributed by atoms with Gasteiger partial charge in [0.15, 0.2) is 0 Å². The molecule has 2 aromatic rings. The van der Waals surface area contributed by atoms with Crippen molar-refractivity contribution in [2.24, 2.45) is 0 Å². The summed E-state index contributed by atoms with van der Waals surface area (Å²) in [5.41, 5.74) is 2.31. The topological polar surface area (TPSA) is 42.4 Å². The summed E-state index contributed by atoms with van der Waals surface area (Å²) in [6.07, 6.45) is 0. The van der Waals surface area contributed by atoms with E-state index in [9.17, 15) is 0 Å². The van der Waals surface area contributed by atoms with Gasteiger partial charge < -0.3 is 15.1 Å². The quantitative estimate of drug-likeness (QED) is 0.553. The largest absolute Gasteiger partial charge is 0.369 e. The van der Waals surface area contributed by atoms with Crippen molar-refractivity contribution in [2.75, 3.05) is 49.7 Å². The molecule has 2 heterocycles. The number of likely N-dealkylation sites (N-methyl/N-ethyl adjacent to an activating group) is 1. The molecule has 4 nitrogen and oxygen atoms in total. The lowest BCUT2D eigenvalue weighted by Crippen LogP contribution is -2.35. The van der Waals surface area contributed by atoms with Crippen molar-refractivity contribution in [1.82, 2.24) is 4.90 Å². The zero-order chi connectivity index (χ0) is 16.2. The number of benzene rings is 1. The van der Waals surface area contributed by atoms with E-state index >= 15 is 0 Å². The molecule has 0 radical (unpaired) electrons. The van der Waals surface area contributed by atoms with Crippen LogP contribution in [0.3, 0.4) is 0 Å². The minimum atomic E-state index is 0. The lowest BCUT2D eigenvalue weighted by Gasteiger charge is -2.32. The lowest BCUT2D eigenvalue weighted by molar-refractivity contribution is 0.413. The molecule has 0 fully saturated rings. The number of thiophene rings is 1. The fourth-order valence-electron chi connectivity index (χ4n) is 2.53. The van der Waals surface area contributed by atoms with Crippen LogP contribution in [0, 0.1) is 5.41 Å². The molecule has 0 spiro atoms. The number of hydrogen-bond acceptors (Lipinski definition) is 5. The van der Waals surface area contributed by atoms with Gasteiger partial charge in [-0.15, -0.1) is 47.9 Å². The van der Waals surface area contributed by atoms with Crippen LogP contribution in [0.5, 0.6) is 0 Å². The number of halogens is 2. The average molecular weight is 419 g/mol.